The molecule has 0 aromatic heterocycles. The topological polar surface area (TPSA) is 71.1 Å². The van der Waals surface area contributed by atoms with Gasteiger partial charge in [-0.1, -0.05) is 0 Å². The molecule has 0 aromatic carbocycles. The fraction of sp³-hybridized carbons (Fsp3) is 1.00. The lowest BCUT2D eigenvalue weighted by atomic mass is 10.2. The van der Waals surface area contributed by atoms with Gasteiger partial charge >= 0.3 is 0 Å². The van der Waals surface area contributed by atoms with Crippen molar-refractivity contribution in [3.05, 3.63) is 0 Å². The summed E-state index contributed by atoms with van der Waals surface area (Å²) >= 11 is 0. The van der Waals surface area contributed by atoms with Crippen molar-refractivity contribution in [3.63, 3.8) is 0 Å². The summed E-state index contributed by atoms with van der Waals surface area (Å²) in [5, 5.41) is 0. The second-order valence-corrected chi connectivity index (χ2v) is 6.14. The van der Waals surface area contributed by atoms with E-state index in [1.54, 1.807) is 0 Å². The van der Waals surface area contributed by atoms with Gasteiger partial charge in [0.25, 0.3) is 10.1 Å². The molecule has 2 fully saturated rings. The smallest absolute Gasteiger partial charge is 0.264 e. The summed E-state index contributed by atoms with van der Waals surface area (Å²) in [6, 6.07) is 0. The maximum Gasteiger partial charge on any atom is 0.264 e. The van der Waals surface area contributed by atoms with E-state index in [2.05, 4.69) is 0 Å². The van der Waals surface area contributed by atoms with Crippen LogP contribution >= 0.6 is 0 Å². The molecule has 2 aliphatic heterocycles. The molecule has 0 N–H and O–H groups in total. The molecule has 0 radical (unpaired) electrons. The van der Waals surface area contributed by atoms with Crippen molar-refractivity contribution in [1.29, 1.82) is 0 Å². The lowest BCUT2D eigenvalue weighted by molar-refractivity contribution is -0.177. The molecule has 94 valence electrons. The zero-order valence-electron chi connectivity index (χ0n) is 9.50. The van der Waals surface area contributed by atoms with Crippen molar-refractivity contribution in [1.82, 2.24) is 0 Å². The van der Waals surface area contributed by atoms with Crippen molar-refractivity contribution in [2.45, 2.75) is 37.9 Å². The third kappa shape index (κ3) is 2.72. The van der Waals surface area contributed by atoms with Crippen molar-refractivity contribution in [3.8, 4) is 0 Å². The molecule has 0 aromatic rings. The van der Waals surface area contributed by atoms with Crippen LogP contribution in [0.5, 0.6) is 0 Å². The Morgan fingerprint density at radius 2 is 2.06 bits per heavy atom. The molecule has 0 unspecified atom stereocenters. The van der Waals surface area contributed by atoms with Crippen molar-refractivity contribution >= 4 is 10.1 Å². The Balaban J connectivity index is 1.94. The minimum Gasteiger partial charge on any atom is -0.370 e. The summed E-state index contributed by atoms with van der Waals surface area (Å²) in [4.78, 5) is 0. The monoisotopic (exact) mass is 252 g/mol. The van der Waals surface area contributed by atoms with Gasteiger partial charge in [-0.2, -0.15) is 8.42 Å². The maximum atomic E-state index is 10.9. The first-order chi connectivity index (χ1) is 7.27. The molecular weight excluding hydrogens is 236 g/mol. The minimum atomic E-state index is -3.45. The van der Waals surface area contributed by atoms with Gasteiger partial charge in [0.05, 0.1) is 19.5 Å². The van der Waals surface area contributed by atoms with Gasteiger partial charge in [0, 0.05) is 0 Å². The van der Waals surface area contributed by atoms with Gasteiger partial charge in [-0.3, -0.25) is 4.18 Å². The minimum absolute atomic E-state index is 0.0283. The molecule has 0 aliphatic carbocycles. The van der Waals surface area contributed by atoms with Crippen molar-refractivity contribution < 1.29 is 26.8 Å². The first-order valence-electron chi connectivity index (χ1n) is 5.08. The Kier molecular flexibility index (Phi) is 3.00. The van der Waals surface area contributed by atoms with Crippen LogP contribution in [0.2, 0.25) is 0 Å². The van der Waals surface area contributed by atoms with E-state index < -0.39 is 15.9 Å². The van der Waals surface area contributed by atoms with E-state index in [-0.39, 0.29) is 24.9 Å². The van der Waals surface area contributed by atoms with Gasteiger partial charge in [0.2, 0.25) is 0 Å². The van der Waals surface area contributed by atoms with E-state index in [4.69, 9.17) is 18.4 Å². The largest absolute Gasteiger partial charge is 0.370 e. The Hall–Kier alpha value is -0.210. The second-order valence-electron chi connectivity index (χ2n) is 4.50. The summed E-state index contributed by atoms with van der Waals surface area (Å²) in [5.41, 5.74) is 0. The molecule has 0 amide bonds. The van der Waals surface area contributed by atoms with Crippen LogP contribution in [-0.2, 0) is 28.5 Å². The fourth-order valence-corrected chi connectivity index (χ4v) is 2.34. The molecule has 7 heteroatoms. The van der Waals surface area contributed by atoms with Gasteiger partial charge in [-0.05, 0) is 13.8 Å². The Bertz CT molecular complexity index is 362. The van der Waals surface area contributed by atoms with E-state index in [0.29, 0.717) is 6.61 Å². The predicted octanol–water partition coefficient (Wildman–Crippen LogP) is -0.119. The molecule has 0 spiro atoms. The summed E-state index contributed by atoms with van der Waals surface area (Å²) < 4.78 is 43.0. The zero-order valence-corrected chi connectivity index (χ0v) is 10.3. The lowest BCUT2D eigenvalue weighted by Crippen LogP contribution is -2.33. The Morgan fingerprint density at radius 3 is 2.69 bits per heavy atom. The molecule has 16 heavy (non-hydrogen) atoms. The first kappa shape index (κ1) is 12.3. The quantitative estimate of drug-likeness (QED) is 0.652. The molecule has 2 rings (SSSR count). The van der Waals surface area contributed by atoms with Crippen LogP contribution in [0.25, 0.3) is 0 Å². The number of fused-ring (bicyclic) bond motifs is 1. The van der Waals surface area contributed by atoms with Crippen LogP contribution in [-0.4, -0.2) is 52.0 Å². The highest BCUT2D eigenvalue weighted by molar-refractivity contribution is 7.85. The average molecular weight is 252 g/mol. The highest BCUT2D eigenvalue weighted by Crippen LogP contribution is 2.35. The molecule has 0 bridgehead atoms. The molecular formula is C9H16O6S. The number of hydrogen-bond donors (Lipinski definition) is 0. The van der Waals surface area contributed by atoms with Gasteiger partial charge in [0.1, 0.15) is 18.3 Å². The molecule has 2 aliphatic rings. The molecule has 6 nitrogen and oxygen atoms in total. The average Bonchev–Trinajstić information content (AvgIpc) is 2.55. The first-order valence-corrected chi connectivity index (χ1v) is 6.90. The zero-order chi connectivity index (χ0) is 12.0. The van der Waals surface area contributed by atoms with Gasteiger partial charge in [-0.25, -0.2) is 0 Å². The lowest BCUT2D eigenvalue weighted by Gasteiger charge is -2.21. The maximum absolute atomic E-state index is 10.9. The second kappa shape index (κ2) is 3.92. The van der Waals surface area contributed by atoms with Gasteiger partial charge in [-0.15, -0.1) is 0 Å². The highest BCUT2D eigenvalue weighted by Gasteiger charge is 2.50. The molecule has 0 saturated carbocycles. The molecule has 3 atom stereocenters. The van der Waals surface area contributed by atoms with Crippen LogP contribution < -0.4 is 0 Å². The highest BCUT2D eigenvalue weighted by atomic mass is 32.2. The molecule has 2 saturated heterocycles. The summed E-state index contributed by atoms with van der Waals surface area (Å²) in [6.07, 6.45) is 0.233. The summed E-state index contributed by atoms with van der Waals surface area (Å²) in [7, 11) is -3.45. The van der Waals surface area contributed by atoms with Gasteiger partial charge in [0.15, 0.2) is 5.79 Å². The summed E-state index contributed by atoms with van der Waals surface area (Å²) in [6.45, 7) is 4.02. The normalized spacial score (nSPS) is 37.6. The number of rotatable bonds is 3. The number of hydrogen-bond acceptors (Lipinski definition) is 6. The third-order valence-corrected chi connectivity index (χ3v) is 3.07. The van der Waals surface area contributed by atoms with E-state index in [1.165, 1.54) is 0 Å². The van der Waals surface area contributed by atoms with Crippen molar-refractivity contribution in [2.24, 2.45) is 0 Å². The van der Waals surface area contributed by atoms with Crippen LogP contribution in [0, 0.1) is 0 Å². The van der Waals surface area contributed by atoms with Crippen LogP contribution in [0.4, 0.5) is 0 Å². The number of ether oxygens (including phenoxy) is 3. The fourth-order valence-electron chi connectivity index (χ4n) is 1.95. The predicted molar refractivity (Wildman–Crippen MR) is 54.4 cm³/mol. The molecule has 2 heterocycles. The van der Waals surface area contributed by atoms with E-state index in [1.807, 2.05) is 13.8 Å². The van der Waals surface area contributed by atoms with Gasteiger partial charge < -0.3 is 14.2 Å². The van der Waals surface area contributed by atoms with Crippen LogP contribution in [0.3, 0.4) is 0 Å². The third-order valence-electron chi connectivity index (χ3n) is 2.51. The van der Waals surface area contributed by atoms with E-state index >= 15 is 0 Å². The Morgan fingerprint density at radius 1 is 1.38 bits per heavy atom. The van der Waals surface area contributed by atoms with Crippen LogP contribution in [0.1, 0.15) is 13.8 Å². The van der Waals surface area contributed by atoms with E-state index in [0.717, 1.165) is 6.26 Å². The summed E-state index contributed by atoms with van der Waals surface area (Å²) in [5.74, 6) is -0.636. The van der Waals surface area contributed by atoms with Crippen LogP contribution in [0.15, 0.2) is 0 Å². The van der Waals surface area contributed by atoms with E-state index in [9.17, 15) is 8.42 Å². The SMILES string of the molecule is CC1(C)O[C@H]2[C@H](CO[C@@H]2COS(C)(=O)=O)O1. The Labute approximate surface area is 94.9 Å². The van der Waals surface area contributed by atoms with Crippen molar-refractivity contribution in [2.75, 3.05) is 19.5 Å². The standard InChI is InChI=1S/C9H16O6S/c1-9(2)14-7-4-12-6(8(7)15-9)5-13-16(3,10)11/h6-8H,4-5H2,1-3H3/t6-,7+,8-/m1/s1.